The molecule has 2 fully saturated rings. The first-order valence-electron chi connectivity index (χ1n) is 10.9. The summed E-state index contributed by atoms with van der Waals surface area (Å²) < 4.78 is 5.73. The summed E-state index contributed by atoms with van der Waals surface area (Å²) in [6.45, 7) is 4.71. The van der Waals surface area contributed by atoms with Gasteiger partial charge in [0.25, 0.3) is 5.91 Å². The topological polar surface area (TPSA) is 87.8 Å². The van der Waals surface area contributed by atoms with Crippen molar-refractivity contribution in [3.63, 3.8) is 0 Å². The number of piperidine rings is 1. The number of phenols is 1. The molecule has 1 saturated heterocycles. The van der Waals surface area contributed by atoms with E-state index in [-0.39, 0.29) is 11.3 Å². The SMILES string of the molecule is NC(=O)c1ccc(OCCN2CCC(CNC3CC3c3ccccc3)CC2)cc1O. The zero-order valence-electron chi connectivity index (χ0n) is 17.3. The summed E-state index contributed by atoms with van der Waals surface area (Å²) in [5.74, 6) is 1.21. The molecule has 6 heteroatoms. The molecule has 2 aromatic rings. The fraction of sp³-hybridized carbons (Fsp3) is 0.458. The predicted molar refractivity (Wildman–Crippen MR) is 117 cm³/mol. The first kappa shape index (κ1) is 20.7. The molecule has 4 N–H and O–H groups in total. The number of hydrogen-bond donors (Lipinski definition) is 3. The van der Waals surface area contributed by atoms with Crippen molar-refractivity contribution >= 4 is 5.91 Å². The Hall–Kier alpha value is -2.57. The maximum absolute atomic E-state index is 11.2. The Kier molecular flexibility index (Phi) is 6.55. The van der Waals surface area contributed by atoms with Crippen LogP contribution in [0, 0.1) is 5.92 Å². The van der Waals surface area contributed by atoms with Gasteiger partial charge in [0.1, 0.15) is 18.1 Å². The van der Waals surface area contributed by atoms with Crippen LogP contribution in [0.1, 0.15) is 41.1 Å². The zero-order valence-corrected chi connectivity index (χ0v) is 17.3. The summed E-state index contributed by atoms with van der Waals surface area (Å²) in [7, 11) is 0. The number of carbonyl (C=O) groups is 1. The van der Waals surface area contributed by atoms with Crippen molar-refractivity contribution in [1.82, 2.24) is 10.2 Å². The third-order valence-corrected chi connectivity index (χ3v) is 6.30. The summed E-state index contributed by atoms with van der Waals surface area (Å²) in [5, 5.41) is 13.6. The highest BCUT2D eigenvalue weighted by molar-refractivity contribution is 5.95. The number of likely N-dealkylation sites (tertiary alicyclic amines) is 1. The molecule has 4 rings (SSSR count). The number of primary amides is 1. The average Bonchev–Trinajstić information content (AvgIpc) is 3.53. The third-order valence-electron chi connectivity index (χ3n) is 6.30. The molecule has 0 aromatic heterocycles. The minimum atomic E-state index is -0.645. The van der Waals surface area contributed by atoms with Gasteiger partial charge in [-0.2, -0.15) is 0 Å². The molecule has 6 nitrogen and oxygen atoms in total. The smallest absolute Gasteiger partial charge is 0.252 e. The molecule has 2 aromatic carbocycles. The van der Waals surface area contributed by atoms with E-state index < -0.39 is 5.91 Å². The van der Waals surface area contributed by atoms with Gasteiger partial charge in [-0.15, -0.1) is 0 Å². The number of nitrogens with zero attached hydrogens (tertiary/aromatic N) is 1. The third kappa shape index (κ3) is 5.32. The predicted octanol–water partition coefficient (Wildman–Crippen LogP) is 2.73. The first-order chi connectivity index (χ1) is 14.6. The van der Waals surface area contributed by atoms with Crippen LogP contribution in [0.25, 0.3) is 0 Å². The molecular formula is C24H31N3O3. The first-order valence-corrected chi connectivity index (χ1v) is 10.9. The van der Waals surface area contributed by atoms with Gasteiger partial charge < -0.3 is 20.9 Å². The number of amides is 1. The van der Waals surface area contributed by atoms with Crippen molar-refractivity contribution in [2.75, 3.05) is 32.8 Å². The molecule has 1 aliphatic carbocycles. The molecule has 2 unspecified atom stereocenters. The van der Waals surface area contributed by atoms with Crippen molar-refractivity contribution < 1.29 is 14.6 Å². The summed E-state index contributed by atoms with van der Waals surface area (Å²) in [5.41, 5.74) is 6.77. The Morgan fingerprint density at radius 2 is 1.93 bits per heavy atom. The van der Waals surface area contributed by atoms with Gasteiger partial charge in [-0.3, -0.25) is 9.69 Å². The highest BCUT2D eigenvalue weighted by Crippen LogP contribution is 2.40. The quantitative estimate of drug-likeness (QED) is 0.593. The minimum absolute atomic E-state index is 0.110. The van der Waals surface area contributed by atoms with Crippen LogP contribution in [-0.4, -0.2) is 54.7 Å². The van der Waals surface area contributed by atoms with Crippen LogP contribution in [0.4, 0.5) is 0 Å². The van der Waals surface area contributed by atoms with Gasteiger partial charge in [-0.1, -0.05) is 30.3 Å². The normalized spacial score (nSPS) is 22.0. The number of nitrogens with one attached hydrogen (secondary N) is 1. The van der Waals surface area contributed by atoms with E-state index in [1.54, 1.807) is 6.07 Å². The van der Waals surface area contributed by atoms with Crippen molar-refractivity contribution in [2.45, 2.75) is 31.2 Å². The molecule has 1 aliphatic heterocycles. The monoisotopic (exact) mass is 409 g/mol. The van der Waals surface area contributed by atoms with Gasteiger partial charge in [0.2, 0.25) is 0 Å². The molecule has 0 spiro atoms. The second-order valence-electron chi connectivity index (χ2n) is 8.44. The fourth-order valence-electron chi connectivity index (χ4n) is 4.32. The Bertz CT molecular complexity index is 850. The lowest BCUT2D eigenvalue weighted by molar-refractivity contribution is 0.0997. The van der Waals surface area contributed by atoms with Crippen LogP contribution in [0.2, 0.25) is 0 Å². The van der Waals surface area contributed by atoms with E-state index in [2.05, 4.69) is 40.5 Å². The van der Waals surface area contributed by atoms with Crippen molar-refractivity contribution in [3.8, 4) is 11.5 Å². The van der Waals surface area contributed by atoms with E-state index in [1.807, 2.05) is 0 Å². The van der Waals surface area contributed by atoms with Crippen molar-refractivity contribution in [2.24, 2.45) is 11.7 Å². The Labute approximate surface area is 178 Å². The number of hydrogen-bond acceptors (Lipinski definition) is 5. The second kappa shape index (κ2) is 9.49. The number of nitrogens with two attached hydrogens (primary N) is 1. The maximum Gasteiger partial charge on any atom is 0.252 e. The van der Waals surface area contributed by atoms with Gasteiger partial charge in [0.15, 0.2) is 0 Å². The minimum Gasteiger partial charge on any atom is -0.507 e. The van der Waals surface area contributed by atoms with Gasteiger partial charge in [-0.25, -0.2) is 0 Å². The van der Waals surface area contributed by atoms with E-state index in [4.69, 9.17) is 10.5 Å². The van der Waals surface area contributed by atoms with Gasteiger partial charge in [0, 0.05) is 24.6 Å². The summed E-state index contributed by atoms with van der Waals surface area (Å²) >= 11 is 0. The standard InChI is InChI=1S/C24H31N3O3/c25-24(29)20-7-6-19(14-23(20)28)30-13-12-27-10-8-17(9-11-27)16-26-22-15-21(22)18-4-2-1-3-5-18/h1-7,14,17,21-22,26,28H,8-13,15-16H2,(H2,25,29). The zero-order chi connectivity index (χ0) is 20.9. The van der Waals surface area contributed by atoms with Crippen LogP contribution in [0.3, 0.4) is 0 Å². The Morgan fingerprint density at radius 1 is 1.17 bits per heavy atom. The van der Waals surface area contributed by atoms with E-state index in [0.717, 1.165) is 32.1 Å². The van der Waals surface area contributed by atoms with E-state index in [9.17, 15) is 9.90 Å². The Morgan fingerprint density at radius 3 is 2.63 bits per heavy atom. The van der Waals surface area contributed by atoms with E-state index in [1.165, 1.54) is 37.0 Å². The summed E-state index contributed by atoms with van der Waals surface area (Å²) in [4.78, 5) is 13.6. The van der Waals surface area contributed by atoms with Gasteiger partial charge in [-0.05, 0) is 62.5 Å². The molecule has 160 valence electrons. The maximum atomic E-state index is 11.2. The molecule has 0 bridgehead atoms. The van der Waals surface area contributed by atoms with Gasteiger partial charge >= 0.3 is 0 Å². The van der Waals surface area contributed by atoms with Crippen LogP contribution < -0.4 is 15.8 Å². The lowest BCUT2D eigenvalue weighted by Gasteiger charge is -2.32. The lowest BCUT2D eigenvalue weighted by Crippen LogP contribution is -2.39. The highest BCUT2D eigenvalue weighted by Gasteiger charge is 2.38. The average molecular weight is 410 g/mol. The number of ether oxygens (including phenoxy) is 1. The number of carbonyl (C=O) groups excluding carboxylic acids is 1. The molecule has 30 heavy (non-hydrogen) atoms. The van der Waals surface area contributed by atoms with Gasteiger partial charge in [0.05, 0.1) is 5.56 Å². The lowest BCUT2D eigenvalue weighted by atomic mass is 9.97. The number of aromatic hydroxyl groups is 1. The van der Waals surface area contributed by atoms with Crippen molar-refractivity contribution in [3.05, 3.63) is 59.7 Å². The van der Waals surface area contributed by atoms with Crippen LogP contribution >= 0.6 is 0 Å². The van der Waals surface area contributed by atoms with Crippen LogP contribution in [0.5, 0.6) is 11.5 Å². The second-order valence-corrected chi connectivity index (χ2v) is 8.44. The fourth-order valence-corrected chi connectivity index (χ4v) is 4.32. The molecule has 2 atom stereocenters. The summed E-state index contributed by atoms with van der Waals surface area (Å²) in [6.07, 6.45) is 3.68. The molecular weight excluding hydrogens is 378 g/mol. The Balaban J connectivity index is 1.11. The molecule has 1 heterocycles. The number of rotatable bonds is 9. The molecule has 2 aliphatic rings. The molecule has 1 amide bonds. The largest absolute Gasteiger partial charge is 0.507 e. The highest BCUT2D eigenvalue weighted by atomic mass is 16.5. The van der Waals surface area contributed by atoms with Crippen LogP contribution in [0.15, 0.2) is 48.5 Å². The summed E-state index contributed by atoms with van der Waals surface area (Å²) in [6, 6.07) is 16.1. The number of benzene rings is 2. The molecule has 0 radical (unpaired) electrons. The molecule has 1 saturated carbocycles. The van der Waals surface area contributed by atoms with E-state index in [0.29, 0.717) is 24.3 Å². The van der Waals surface area contributed by atoms with Crippen LogP contribution in [-0.2, 0) is 0 Å². The van der Waals surface area contributed by atoms with Crippen molar-refractivity contribution in [1.29, 1.82) is 0 Å². The van der Waals surface area contributed by atoms with E-state index >= 15 is 0 Å².